The Bertz CT molecular complexity index is 1750. The number of aliphatic hydroxyl groups excluding tert-OH is 1. The first kappa shape index (κ1) is 30.4. The summed E-state index contributed by atoms with van der Waals surface area (Å²) >= 11 is 0. The average molecular weight is 598 g/mol. The molecule has 0 spiro atoms. The highest BCUT2D eigenvalue weighted by Gasteiger charge is 2.21. The fourth-order valence-corrected chi connectivity index (χ4v) is 6.21. The van der Waals surface area contributed by atoms with E-state index in [1.165, 1.54) is 12.1 Å². The third-order valence-corrected chi connectivity index (χ3v) is 9.00. The molecule has 3 aromatic carbocycles. The second kappa shape index (κ2) is 12.2. The van der Waals surface area contributed by atoms with E-state index < -0.39 is 37.5 Å². The lowest BCUT2D eigenvalue weighted by Gasteiger charge is -2.28. The van der Waals surface area contributed by atoms with Crippen molar-refractivity contribution in [1.29, 1.82) is 0 Å². The molecule has 4 aromatic rings. The van der Waals surface area contributed by atoms with Gasteiger partial charge in [0.15, 0.2) is 15.6 Å². The Morgan fingerprint density at radius 2 is 1.68 bits per heavy atom. The predicted octanol–water partition coefficient (Wildman–Crippen LogP) is 4.16. The van der Waals surface area contributed by atoms with Crippen LogP contribution in [0.5, 0.6) is 0 Å². The van der Waals surface area contributed by atoms with Gasteiger partial charge in [0.25, 0.3) is 10.0 Å². The van der Waals surface area contributed by atoms with E-state index in [0.717, 1.165) is 23.6 Å². The molecule has 11 heteroatoms. The molecule has 0 saturated carbocycles. The summed E-state index contributed by atoms with van der Waals surface area (Å²) in [6.45, 7) is 5.02. The Labute approximate surface area is 241 Å². The molecule has 0 bridgehead atoms. The third-order valence-electron chi connectivity index (χ3n) is 6.82. The molecule has 41 heavy (non-hydrogen) atoms. The summed E-state index contributed by atoms with van der Waals surface area (Å²) in [6, 6.07) is 21.9. The van der Waals surface area contributed by atoms with Crippen LogP contribution in [0.3, 0.4) is 0 Å². The number of benzene rings is 3. The average Bonchev–Trinajstić information content (AvgIpc) is 3.32. The number of fused-ring (bicyclic) bond motifs is 1. The maximum atomic E-state index is 12.7. The van der Waals surface area contributed by atoms with Gasteiger partial charge in [0.05, 0.1) is 11.0 Å². The number of nitrogens with zero attached hydrogens (tertiary/aromatic N) is 1. The molecule has 0 aliphatic heterocycles. The van der Waals surface area contributed by atoms with Crippen LogP contribution < -0.4 is 10.0 Å². The second-order valence-electron chi connectivity index (χ2n) is 10.9. The Balaban J connectivity index is 1.35. The smallest absolute Gasteiger partial charge is 0.261 e. The lowest BCUT2D eigenvalue weighted by molar-refractivity contribution is 0.102. The van der Waals surface area contributed by atoms with Crippen LogP contribution >= 0.6 is 0 Å². The highest BCUT2D eigenvalue weighted by molar-refractivity contribution is 7.92. The number of anilines is 1. The van der Waals surface area contributed by atoms with Crippen LogP contribution in [0, 0.1) is 0 Å². The van der Waals surface area contributed by atoms with Crippen molar-refractivity contribution in [3.63, 3.8) is 0 Å². The highest BCUT2D eigenvalue weighted by atomic mass is 32.2. The van der Waals surface area contributed by atoms with Gasteiger partial charge in [-0.25, -0.2) is 16.8 Å². The number of ketones is 1. The van der Waals surface area contributed by atoms with Crippen LogP contribution in [0.4, 0.5) is 5.69 Å². The van der Waals surface area contributed by atoms with Crippen LogP contribution in [0.1, 0.15) is 42.3 Å². The summed E-state index contributed by atoms with van der Waals surface area (Å²) in [5.41, 5.74) is 1.92. The summed E-state index contributed by atoms with van der Waals surface area (Å²) in [6.07, 6.45) is 2.85. The van der Waals surface area contributed by atoms with Crippen molar-refractivity contribution < 1.29 is 26.7 Å². The molecular formula is C30H35N3O6S2. The van der Waals surface area contributed by atoms with Crippen LogP contribution in [0.15, 0.2) is 90.0 Å². The van der Waals surface area contributed by atoms with E-state index in [9.17, 15) is 26.7 Å². The summed E-state index contributed by atoms with van der Waals surface area (Å²) in [4.78, 5) is 12.4. The molecule has 0 radical (unpaired) electrons. The molecule has 1 atom stereocenters. The van der Waals surface area contributed by atoms with Gasteiger partial charge in [-0.3, -0.25) is 9.52 Å². The highest BCUT2D eigenvalue weighted by Crippen LogP contribution is 2.23. The second-order valence-corrected chi connectivity index (χ2v) is 14.7. The maximum Gasteiger partial charge on any atom is 0.261 e. The Morgan fingerprint density at radius 1 is 0.951 bits per heavy atom. The molecule has 3 N–H and O–H groups in total. The zero-order valence-electron chi connectivity index (χ0n) is 23.2. The minimum absolute atomic E-state index is 0.158. The summed E-state index contributed by atoms with van der Waals surface area (Å²) in [7, 11) is -7.14. The quantitative estimate of drug-likeness (QED) is 0.197. The number of hydrogen-bond acceptors (Lipinski definition) is 7. The lowest BCUT2D eigenvalue weighted by atomic mass is 9.99. The predicted molar refractivity (Wildman–Crippen MR) is 161 cm³/mol. The molecule has 0 aliphatic carbocycles. The Hall–Kier alpha value is -3.51. The standard InChI is InChI=1S/C30H35N3O6S2/c1-30(2,15-17-33-16-14-22-18-24(12-13-27(22)33)29(35)21-40(3,36)37)31-20-28(34)23-8-7-9-25(19-23)32-41(38,39)26-10-5-4-6-11-26/h4-14,16,18-19,28,31-32,34H,15,17,20-21H2,1-3H3. The molecule has 0 saturated heterocycles. The Morgan fingerprint density at radius 3 is 2.39 bits per heavy atom. The van der Waals surface area contributed by atoms with Gasteiger partial charge in [0.2, 0.25) is 0 Å². The van der Waals surface area contributed by atoms with Gasteiger partial charge >= 0.3 is 0 Å². The molecule has 9 nitrogen and oxygen atoms in total. The van der Waals surface area contributed by atoms with E-state index in [0.29, 0.717) is 23.4 Å². The number of rotatable bonds is 13. The number of sulfone groups is 1. The van der Waals surface area contributed by atoms with E-state index in [4.69, 9.17) is 0 Å². The van der Waals surface area contributed by atoms with Crippen LogP contribution in [0.2, 0.25) is 0 Å². The molecule has 218 valence electrons. The third kappa shape index (κ3) is 8.26. The first-order valence-corrected chi connectivity index (χ1v) is 16.7. The molecule has 1 unspecified atom stereocenters. The van der Waals surface area contributed by atoms with Gasteiger partial charge in [-0.1, -0.05) is 30.3 Å². The van der Waals surface area contributed by atoms with Gasteiger partial charge < -0.3 is 15.0 Å². The molecule has 0 aliphatic rings. The number of aliphatic hydroxyl groups is 1. The van der Waals surface area contributed by atoms with E-state index in [1.807, 2.05) is 32.2 Å². The fourth-order valence-electron chi connectivity index (χ4n) is 4.49. The van der Waals surface area contributed by atoms with Crippen LogP contribution in [-0.2, 0) is 26.4 Å². The number of hydrogen-bond donors (Lipinski definition) is 3. The number of aryl methyl sites for hydroxylation is 1. The van der Waals surface area contributed by atoms with Gasteiger partial charge in [-0.2, -0.15) is 0 Å². The van der Waals surface area contributed by atoms with Crippen LogP contribution in [0.25, 0.3) is 10.9 Å². The maximum absolute atomic E-state index is 12.7. The fraction of sp³-hybridized carbons (Fsp3) is 0.300. The first-order valence-electron chi connectivity index (χ1n) is 13.1. The molecule has 0 fully saturated rings. The zero-order chi connectivity index (χ0) is 29.8. The van der Waals surface area contributed by atoms with E-state index in [2.05, 4.69) is 14.6 Å². The summed E-state index contributed by atoms with van der Waals surface area (Å²) in [5, 5.41) is 15.1. The topological polar surface area (TPSA) is 135 Å². The van der Waals surface area contributed by atoms with Crippen molar-refractivity contribution in [3.8, 4) is 0 Å². The normalized spacial score (nSPS) is 13.3. The minimum Gasteiger partial charge on any atom is -0.387 e. The van der Waals surface area contributed by atoms with Crippen molar-refractivity contribution in [2.24, 2.45) is 0 Å². The molecule has 1 heterocycles. The first-order chi connectivity index (χ1) is 19.2. The number of β-amino-alcohol motifs (C(OH)–C–C–N with tert-alkyl or cyclic N) is 1. The summed E-state index contributed by atoms with van der Waals surface area (Å²) in [5.74, 6) is -0.941. The van der Waals surface area contributed by atoms with Crippen molar-refractivity contribution >= 4 is 42.2 Å². The number of carbonyl (C=O) groups excluding carboxylic acids is 1. The van der Waals surface area contributed by atoms with Gasteiger partial charge in [-0.15, -0.1) is 0 Å². The van der Waals surface area contributed by atoms with Crippen molar-refractivity contribution in [3.05, 3.63) is 96.2 Å². The lowest BCUT2D eigenvalue weighted by Crippen LogP contribution is -2.42. The molecule has 4 rings (SSSR count). The van der Waals surface area contributed by atoms with E-state index in [1.54, 1.807) is 54.6 Å². The van der Waals surface area contributed by atoms with Crippen molar-refractivity contribution in [2.45, 2.75) is 43.4 Å². The SMILES string of the molecule is CC(C)(CCn1ccc2cc(C(=O)CS(C)(=O)=O)ccc21)NCC(O)c1cccc(NS(=O)(=O)c2ccccc2)c1. The van der Waals surface area contributed by atoms with Crippen LogP contribution in [-0.4, -0.2) is 56.4 Å². The van der Waals surface area contributed by atoms with Crippen molar-refractivity contribution in [1.82, 2.24) is 9.88 Å². The number of nitrogens with one attached hydrogen (secondary N) is 2. The minimum atomic E-state index is -3.74. The monoisotopic (exact) mass is 597 g/mol. The van der Waals surface area contributed by atoms with Crippen molar-refractivity contribution in [2.75, 3.05) is 23.3 Å². The Kier molecular flexibility index (Phi) is 9.03. The number of sulfonamides is 1. The van der Waals surface area contributed by atoms with Gasteiger partial charge in [0, 0.05) is 53.2 Å². The molecule has 0 amide bonds. The van der Waals surface area contributed by atoms with Gasteiger partial charge in [0.1, 0.15) is 5.75 Å². The van der Waals surface area contributed by atoms with E-state index in [-0.39, 0.29) is 17.0 Å². The largest absolute Gasteiger partial charge is 0.387 e. The summed E-state index contributed by atoms with van der Waals surface area (Å²) < 4.78 is 52.9. The molecule has 1 aromatic heterocycles. The van der Waals surface area contributed by atoms with Gasteiger partial charge in [-0.05, 0) is 74.4 Å². The number of aromatic nitrogens is 1. The number of carbonyl (C=O) groups is 1. The molecular weight excluding hydrogens is 562 g/mol. The zero-order valence-corrected chi connectivity index (χ0v) is 24.9. The number of Topliss-reactive ketones (excluding diaryl/α,β-unsaturated/α-hetero) is 1. The van der Waals surface area contributed by atoms with E-state index >= 15 is 0 Å².